The molecular formula is C15H16N2OS. The summed E-state index contributed by atoms with van der Waals surface area (Å²) in [7, 11) is 0. The summed E-state index contributed by atoms with van der Waals surface area (Å²) in [4.78, 5) is 7.74. The standard InChI is InChI=1S/C15H16N2OS/c1-9(2)15-16-12(8-13(19)17-15)11-5-3-4-10-6-7-18-14(10)11/h3-5,8-9H,6-7H2,1-2H3,(H,16,17,19). The Balaban J connectivity index is 2.18. The van der Waals surface area contributed by atoms with E-state index in [2.05, 4.69) is 42.0 Å². The Hall–Kier alpha value is -1.68. The minimum Gasteiger partial charge on any atom is -0.492 e. The van der Waals surface area contributed by atoms with Gasteiger partial charge in [-0.1, -0.05) is 38.2 Å². The predicted octanol–water partition coefficient (Wildman–Crippen LogP) is 3.86. The zero-order chi connectivity index (χ0) is 13.4. The van der Waals surface area contributed by atoms with E-state index in [9.17, 15) is 0 Å². The SMILES string of the molecule is CC(C)c1nc(=S)cc(-c2cccc3c2OCC3)[nH]1. The number of aromatic nitrogens is 2. The van der Waals surface area contributed by atoms with Gasteiger partial charge in [-0.15, -0.1) is 0 Å². The summed E-state index contributed by atoms with van der Waals surface area (Å²) in [6.45, 7) is 4.96. The normalized spacial score (nSPS) is 13.4. The molecule has 0 aliphatic carbocycles. The van der Waals surface area contributed by atoms with Gasteiger partial charge in [0.15, 0.2) is 0 Å². The highest BCUT2D eigenvalue weighted by Gasteiger charge is 2.17. The van der Waals surface area contributed by atoms with Crippen LogP contribution in [0.3, 0.4) is 0 Å². The van der Waals surface area contributed by atoms with E-state index in [4.69, 9.17) is 17.0 Å². The molecule has 3 rings (SSSR count). The van der Waals surface area contributed by atoms with Crippen LogP contribution in [-0.4, -0.2) is 16.6 Å². The minimum atomic E-state index is 0.319. The maximum Gasteiger partial charge on any atom is 0.131 e. The number of benzene rings is 1. The zero-order valence-electron chi connectivity index (χ0n) is 11.1. The van der Waals surface area contributed by atoms with Crippen molar-refractivity contribution in [2.24, 2.45) is 0 Å². The van der Waals surface area contributed by atoms with Crippen LogP contribution in [0, 0.1) is 4.64 Å². The molecule has 0 bridgehead atoms. The Morgan fingerprint density at radius 2 is 2.21 bits per heavy atom. The Morgan fingerprint density at radius 1 is 1.37 bits per heavy atom. The average Bonchev–Trinajstić information content (AvgIpc) is 2.85. The van der Waals surface area contributed by atoms with E-state index in [1.54, 1.807) is 0 Å². The van der Waals surface area contributed by atoms with Crippen molar-refractivity contribution in [3.05, 3.63) is 40.3 Å². The molecule has 2 aromatic rings. The molecule has 0 radical (unpaired) electrons. The summed E-state index contributed by atoms with van der Waals surface area (Å²) in [5, 5.41) is 0. The number of hydrogen-bond donors (Lipinski definition) is 1. The Morgan fingerprint density at radius 3 is 3.00 bits per heavy atom. The van der Waals surface area contributed by atoms with Gasteiger partial charge < -0.3 is 9.72 Å². The fourth-order valence-corrected chi connectivity index (χ4v) is 2.54. The van der Waals surface area contributed by atoms with Crippen molar-refractivity contribution in [1.29, 1.82) is 0 Å². The number of hydrogen-bond acceptors (Lipinski definition) is 3. The first kappa shape index (κ1) is 12.4. The van der Waals surface area contributed by atoms with E-state index in [-0.39, 0.29) is 0 Å². The summed E-state index contributed by atoms with van der Waals surface area (Å²) in [6, 6.07) is 8.15. The van der Waals surface area contributed by atoms with Crippen LogP contribution in [0.4, 0.5) is 0 Å². The van der Waals surface area contributed by atoms with Gasteiger partial charge in [0.05, 0.1) is 12.3 Å². The van der Waals surface area contributed by atoms with Crippen LogP contribution in [0.25, 0.3) is 11.3 Å². The third-order valence-corrected chi connectivity index (χ3v) is 3.52. The number of rotatable bonds is 2. The highest BCUT2D eigenvalue weighted by molar-refractivity contribution is 7.71. The molecule has 0 saturated heterocycles. The molecule has 3 nitrogen and oxygen atoms in total. The average molecular weight is 272 g/mol. The molecule has 2 heterocycles. The van der Waals surface area contributed by atoms with Crippen molar-refractivity contribution >= 4 is 12.2 Å². The van der Waals surface area contributed by atoms with Crippen LogP contribution in [0.15, 0.2) is 24.3 Å². The highest BCUT2D eigenvalue weighted by Crippen LogP contribution is 2.36. The number of H-pyrrole nitrogens is 1. The fourth-order valence-electron chi connectivity index (χ4n) is 2.32. The van der Waals surface area contributed by atoms with Crippen molar-refractivity contribution < 1.29 is 4.74 Å². The third-order valence-electron chi connectivity index (χ3n) is 3.31. The molecule has 0 atom stereocenters. The van der Waals surface area contributed by atoms with Crippen LogP contribution in [0.1, 0.15) is 31.2 Å². The number of nitrogens with zero attached hydrogens (tertiary/aromatic N) is 1. The number of fused-ring (bicyclic) bond motifs is 1. The van der Waals surface area contributed by atoms with Crippen molar-refractivity contribution in [2.75, 3.05) is 6.61 Å². The Bertz CT molecular complexity index is 676. The summed E-state index contributed by atoms with van der Waals surface area (Å²) >= 11 is 5.26. The topological polar surface area (TPSA) is 37.9 Å². The molecule has 98 valence electrons. The van der Waals surface area contributed by atoms with E-state index in [0.29, 0.717) is 10.6 Å². The smallest absolute Gasteiger partial charge is 0.131 e. The largest absolute Gasteiger partial charge is 0.492 e. The Labute approximate surface area is 117 Å². The number of nitrogens with one attached hydrogen (secondary N) is 1. The molecule has 0 unspecified atom stereocenters. The third kappa shape index (κ3) is 2.28. The minimum absolute atomic E-state index is 0.319. The van der Waals surface area contributed by atoms with Gasteiger partial charge in [-0.3, -0.25) is 0 Å². The molecule has 4 heteroatoms. The first-order chi connectivity index (χ1) is 9.15. The number of ether oxygens (including phenoxy) is 1. The molecule has 1 aliphatic rings. The molecule has 0 amide bonds. The molecule has 0 fully saturated rings. The first-order valence-corrected chi connectivity index (χ1v) is 6.92. The lowest BCUT2D eigenvalue weighted by Gasteiger charge is -2.11. The van der Waals surface area contributed by atoms with Crippen molar-refractivity contribution in [2.45, 2.75) is 26.2 Å². The first-order valence-electron chi connectivity index (χ1n) is 6.51. The van der Waals surface area contributed by atoms with Gasteiger partial charge in [-0.2, -0.15) is 0 Å². The van der Waals surface area contributed by atoms with Gasteiger partial charge in [-0.05, 0) is 17.7 Å². The van der Waals surface area contributed by atoms with Gasteiger partial charge in [0.1, 0.15) is 16.2 Å². The van der Waals surface area contributed by atoms with Crippen LogP contribution < -0.4 is 4.74 Å². The second kappa shape index (κ2) is 4.78. The van der Waals surface area contributed by atoms with E-state index < -0.39 is 0 Å². The lowest BCUT2D eigenvalue weighted by Crippen LogP contribution is -2.00. The van der Waals surface area contributed by atoms with E-state index in [1.165, 1.54) is 5.56 Å². The van der Waals surface area contributed by atoms with Gasteiger partial charge in [-0.25, -0.2) is 4.98 Å². The Kier molecular flexibility index (Phi) is 3.11. The fraction of sp³-hybridized carbons (Fsp3) is 0.333. The molecule has 1 N–H and O–H groups in total. The van der Waals surface area contributed by atoms with Crippen LogP contribution in [-0.2, 0) is 6.42 Å². The van der Waals surface area contributed by atoms with Crippen LogP contribution in [0.5, 0.6) is 5.75 Å². The summed E-state index contributed by atoms with van der Waals surface area (Å²) in [5.74, 6) is 2.21. The highest BCUT2D eigenvalue weighted by atomic mass is 32.1. The lowest BCUT2D eigenvalue weighted by atomic mass is 10.1. The van der Waals surface area contributed by atoms with Gasteiger partial charge in [0, 0.05) is 17.9 Å². The van der Waals surface area contributed by atoms with Gasteiger partial charge in [0.25, 0.3) is 0 Å². The lowest BCUT2D eigenvalue weighted by molar-refractivity contribution is 0.358. The van der Waals surface area contributed by atoms with Gasteiger partial charge in [0.2, 0.25) is 0 Å². The molecule has 19 heavy (non-hydrogen) atoms. The summed E-state index contributed by atoms with van der Waals surface area (Å²) in [6.07, 6.45) is 0.978. The monoisotopic (exact) mass is 272 g/mol. The molecular weight excluding hydrogens is 256 g/mol. The number of para-hydroxylation sites is 1. The summed E-state index contributed by atoms with van der Waals surface area (Å²) < 4.78 is 6.37. The summed E-state index contributed by atoms with van der Waals surface area (Å²) in [5.41, 5.74) is 3.33. The van der Waals surface area contributed by atoms with E-state index in [1.807, 2.05) is 6.07 Å². The molecule has 1 aromatic heterocycles. The van der Waals surface area contributed by atoms with E-state index >= 15 is 0 Å². The second-order valence-corrected chi connectivity index (χ2v) is 5.48. The number of aromatic amines is 1. The molecule has 0 saturated carbocycles. The predicted molar refractivity (Wildman–Crippen MR) is 78.1 cm³/mol. The van der Waals surface area contributed by atoms with Crippen LogP contribution >= 0.6 is 12.2 Å². The van der Waals surface area contributed by atoms with Crippen molar-refractivity contribution in [3.63, 3.8) is 0 Å². The maximum atomic E-state index is 5.75. The maximum absolute atomic E-state index is 5.75. The second-order valence-electron chi connectivity index (χ2n) is 5.07. The van der Waals surface area contributed by atoms with E-state index in [0.717, 1.165) is 35.9 Å². The van der Waals surface area contributed by atoms with Crippen LogP contribution in [0.2, 0.25) is 0 Å². The molecule has 1 aliphatic heterocycles. The van der Waals surface area contributed by atoms with Crippen molar-refractivity contribution in [1.82, 2.24) is 9.97 Å². The van der Waals surface area contributed by atoms with Crippen molar-refractivity contribution in [3.8, 4) is 17.0 Å². The molecule has 0 spiro atoms. The quantitative estimate of drug-likeness (QED) is 0.843. The van der Waals surface area contributed by atoms with Gasteiger partial charge >= 0.3 is 0 Å². The molecule has 1 aromatic carbocycles. The zero-order valence-corrected chi connectivity index (χ0v) is 11.9.